The highest BCUT2D eigenvalue weighted by Crippen LogP contribution is 2.30. The minimum Gasteiger partial charge on any atom is -0.311 e. The standard InChI is InChI=1S/C14H18FNO3S/c1-9(2)11-5-4-10(3)13(6-11)16-8-12(7-14(16)17)20(15,18)19/h4-6,9,12H,7-8H2,1-3H3. The number of carbonyl (C=O) groups excluding carboxylic acids is 1. The van der Waals surface area contributed by atoms with Crippen LogP contribution in [0, 0.1) is 6.92 Å². The molecule has 0 saturated carbocycles. The smallest absolute Gasteiger partial charge is 0.307 e. The van der Waals surface area contributed by atoms with E-state index < -0.39 is 15.5 Å². The normalized spacial score (nSPS) is 19.9. The van der Waals surface area contributed by atoms with E-state index in [0.717, 1.165) is 11.1 Å². The van der Waals surface area contributed by atoms with Crippen LogP contribution in [0.2, 0.25) is 0 Å². The molecule has 1 amide bonds. The van der Waals surface area contributed by atoms with Crippen LogP contribution in [0.1, 0.15) is 37.3 Å². The van der Waals surface area contributed by atoms with Crippen LogP contribution in [0.15, 0.2) is 18.2 Å². The van der Waals surface area contributed by atoms with Gasteiger partial charge >= 0.3 is 10.2 Å². The van der Waals surface area contributed by atoms with Crippen molar-refractivity contribution in [3.63, 3.8) is 0 Å². The molecule has 1 aliphatic heterocycles. The Morgan fingerprint density at radius 1 is 1.35 bits per heavy atom. The summed E-state index contributed by atoms with van der Waals surface area (Å²) in [5.41, 5.74) is 2.61. The van der Waals surface area contributed by atoms with E-state index in [1.807, 2.05) is 39.0 Å². The molecule has 0 spiro atoms. The van der Waals surface area contributed by atoms with Gasteiger partial charge in [0.2, 0.25) is 5.91 Å². The third-order valence-corrected chi connectivity index (χ3v) is 4.79. The van der Waals surface area contributed by atoms with Gasteiger partial charge in [0, 0.05) is 18.7 Å². The highest BCUT2D eigenvalue weighted by molar-refractivity contribution is 7.87. The summed E-state index contributed by atoms with van der Waals surface area (Å²) in [6.07, 6.45) is -0.288. The van der Waals surface area contributed by atoms with Crippen molar-refractivity contribution in [3.8, 4) is 0 Å². The van der Waals surface area contributed by atoms with Gasteiger partial charge in [-0.15, -0.1) is 3.89 Å². The first-order valence-electron chi connectivity index (χ1n) is 6.54. The summed E-state index contributed by atoms with van der Waals surface area (Å²) in [4.78, 5) is 13.3. The predicted molar refractivity (Wildman–Crippen MR) is 76.1 cm³/mol. The van der Waals surface area contributed by atoms with Crippen LogP contribution in [0.25, 0.3) is 0 Å². The van der Waals surface area contributed by atoms with Crippen molar-refractivity contribution in [1.82, 2.24) is 0 Å². The molecule has 0 bridgehead atoms. The molecule has 0 aliphatic carbocycles. The van der Waals surface area contributed by atoms with E-state index in [9.17, 15) is 17.1 Å². The number of amides is 1. The average Bonchev–Trinajstić information content (AvgIpc) is 2.71. The first-order chi connectivity index (χ1) is 9.20. The summed E-state index contributed by atoms with van der Waals surface area (Å²) in [5, 5.41) is -1.25. The third-order valence-electron chi connectivity index (χ3n) is 3.68. The summed E-state index contributed by atoms with van der Waals surface area (Å²) in [7, 11) is -4.68. The number of halogens is 1. The first-order valence-corrected chi connectivity index (χ1v) is 7.99. The first kappa shape index (κ1) is 15.0. The molecular formula is C14H18FNO3S. The minimum atomic E-state index is -4.68. The molecule has 4 nitrogen and oxygen atoms in total. The molecule has 0 aromatic heterocycles. The van der Waals surface area contributed by atoms with Crippen molar-refractivity contribution >= 4 is 21.8 Å². The topological polar surface area (TPSA) is 54.5 Å². The monoisotopic (exact) mass is 299 g/mol. The fraction of sp³-hybridized carbons (Fsp3) is 0.500. The number of rotatable bonds is 3. The molecule has 20 heavy (non-hydrogen) atoms. The lowest BCUT2D eigenvalue weighted by Crippen LogP contribution is -2.27. The second-order valence-corrected chi connectivity index (χ2v) is 7.12. The fourth-order valence-electron chi connectivity index (χ4n) is 2.37. The summed E-state index contributed by atoms with van der Waals surface area (Å²) in [6, 6.07) is 5.76. The van der Waals surface area contributed by atoms with Crippen molar-refractivity contribution in [2.45, 2.75) is 38.4 Å². The van der Waals surface area contributed by atoms with Crippen LogP contribution in [-0.2, 0) is 15.0 Å². The number of nitrogens with zero attached hydrogens (tertiary/aromatic N) is 1. The maximum Gasteiger partial charge on any atom is 0.307 e. The zero-order valence-corrected chi connectivity index (χ0v) is 12.6. The van der Waals surface area contributed by atoms with Gasteiger partial charge in [-0.25, -0.2) is 0 Å². The van der Waals surface area contributed by atoms with Crippen molar-refractivity contribution in [2.24, 2.45) is 0 Å². The van der Waals surface area contributed by atoms with Gasteiger partial charge in [0.25, 0.3) is 0 Å². The van der Waals surface area contributed by atoms with E-state index in [2.05, 4.69) is 0 Å². The molecule has 1 atom stereocenters. The summed E-state index contributed by atoms with van der Waals surface area (Å²) >= 11 is 0. The van der Waals surface area contributed by atoms with Crippen molar-refractivity contribution < 1.29 is 17.1 Å². The zero-order valence-electron chi connectivity index (χ0n) is 11.8. The molecule has 1 aromatic rings. The Kier molecular flexibility index (Phi) is 3.86. The van der Waals surface area contributed by atoms with Crippen LogP contribution in [0.4, 0.5) is 9.57 Å². The molecule has 110 valence electrons. The molecule has 0 N–H and O–H groups in total. The average molecular weight is 299 g/mol. The van der Waals surface area contributed by atoms with E-state index in [1.54, 1.807) is 0 Å². The fourth-order valence-corrected chi connectivity index (χ4v) is 3.04. The van der Waals surface area contributed by atoms with Crippen molar-refractivity contribution in [1.29, 1.82) is 0 Å². The largest absolute Gasteiger partial charge is 0.311 e. The summed E-state index contributed by atoms with van der Waals surface area (Å²) < 4.78 is 35.0. The maximum atomic E-state index is 13.1. The maximum absolute atomic E-state index is 13.1. The predicted octanol–water partition coefficient (Wildman–Crippen LogP) is 2.52. The van der Waals surface area contributed by atoms with E-state index in [1.165, 1.54) is 4.90 Å². The van der Waals surface area contributed by atoms with Gasteiger partial charge in [-0.1, -0.05) is 26.0 Å². The van der Waals surface area contributed by atoms with Gasteiger partial charge in [0.05, 0.1) is 0 Å². The molecule has 0 radical (unpaired) electrons. The lowest BCUT2D eigenvalue weighted by molar-refractivity contribution is -0.117. The van der Waals surface area contributed by atoms with Crippen LogP contribution in [0.5, 0.6) is 0 Å². The molecule has 1 unspecified atom stereocenters. The number of carbonyl (C=O) groups is 1. The number of aryl methyl sites for hydroxylation is 1. The molecule has 1 heterocycles. The Morgan fingerprint density at radius 2 is 2.00 bits per heavy atom. The Morgan fingerprint density at radius 3 is 2.50 bits per heavy atom. The van der Waals surface area contributed by atoms with Gasteiger partial charge in [-0.2, -0.15) is 8.42 Å². The molecule has 6 heteroatoms. The number of benzene rings is 1. The lowest BCUT2D eigenvalue weighted by Gasteiger charge is -2.20. The van der Waals surface area contributed by atoms with Gasteiger partial charge in [-0.3, -0.25) is 4.79 Å². The van der Waals surface area contributed by atoms with E-state index >= 15 is 0 Å². The van der Waals surface area contributed by atoms with E-state index in [0.29, 0.717) is 11.6 Å². The van der Waals surface area contributed by atoms with Crippen LogP contribution < -0.4 is 4.90 Å². The van der Waals surface area contributed by atoms with Crippen LogP contribution in [-0.4, -0.2) is 26.1 Å². The highest BCUT2D eigenvalue weighted by atomic mass is 32.3. The molecule has 1 aromatic carbocycles. The second-order valence-electron chi connectivity index (χ2n) is 5.51. The minimum absolute atomic E-state index is 0.111. The second kappa shape index (κ2) is 5.16. The van der Waals surface area contributed by atoms with Crippen molar-refractivity contribution in [3.05, 3.63) is 29.3 Å². The van der Waals surface area contributed by atoms with Crippen LogP contribution in [0.3, 0.4) is 0 Å². The molecule has 2 rings (SSSR count). The van der Waals surface area contributed by atoms with Crippen LogP contribution >= 0.6 is 0 Å². The van der Waals surface area contributed by atoms with Gasteiger partial charge < -0.3 is 4.90 Å². The highest BCUT2D eigenvalue weighted by Gasteiger charge is 2.39. The lowest BCUT2D eigenvalue weighted by atomic mass is 10.0. The SMILES string of the molecule is Cc1ccc(C(C)C)cc1N1CC(S(=O)(=O)F)CC1=O. The number of hydrogen-bond donors (Lipinski definition) is 0. The Bertz CT molecular complexity index is 640. The molecular weight excluding hydrogens is 281 g/mol. The Balaban J connectivity index is 2.37. The van der Waals surface area contributed by atoms with Crippen molar-refractivity contribution in [2.75, 3.05) is 11.4 Å². The Labute approximate surface area is 118 Å². The summed E-state index contributed by atoms with van der Waals surface area (Å²) in [5.74, 6) is -0.0482. The van der Waals surface area contributed by atoms with Gasteiger partial charge in [0.1, 0.15) is 5.25 Å². The molecule has 1 aliphatic rings. The van der Waals surface area contributed by atoms with E-state index in [-0.39, 0.29) is 18.9 Å². The van der Waals surface area contributed by atoms with Gasteiger partial charge in [-0.05, 0) is 30.0 Å². The quantitative estimate of drug-likeness (QED) is 0.806. The number of anilines is 1. The van der Waals surface area contributed by atoms with Gasteiger partial charge in [0.15, 0.2) is 0 Å². The third kappa shape index (κ3) is 2.85. The molecule has 1 saturated heterocycles. The Hall–Kier alpha value is -1.43. The van der Waals surface area contributed by atoms with E-state index in [4.69, 9.17) is 0 Å². The number of hydrogen-bond acceptors (Lipinski definition) is 3. The molecule has 1 fully saturated rings. The zero-order chi connectivity index (χ0) is 15.1. The summed E-state index contributed by atoms with van der Waals surface area (Å²) in [6.45, 7) is 5.81.